The van der Waals surface area contributed by atoms with Crippen LogP contribution in [0.15, 0.2) is 36.4 Å². The van der Waals surface area contributed by atoms with Crippen LogP contribution in [0.4, 0.5) is 5.69 Å². The molecule has 2 aromatic carbocycles. The number of fused-ring (bicyclic) bond motifs is 3. The van der Waals surface area contributed by atoms with Gasteiger partial charge in [-0.3, -0.25) is 4.79 Å². The molecule has 2 N–H and O–H groups in total. The molecule has 5 heteroatoms. The maximum absolute atomic E-state index is 12.9. The summed E-state index contributed by atoms with van der Waals surface area (Å²) in [5.41, 5.74) is 4.85. The van der Waals surface area contributed by atoms with Gasteiger partial charge in [-0.1, -0.05) is 12.1 Å². The zero-order valence-corrected chi connectivity index (χ0v) is 15.0. The molecule has 0 fully saturated rings. The number of aromatic amines is 1. The fourth-order valence-electron chi connectivity index (χ4n) is 3.70. The van der Waals surface area contributed by atoms with Gasteiger partial charge in [-0.2, -0.15) is 0 Å². The monoisotopic (exact) mass is 350 g/mol. The van der Waals surface area contributed by atoms with E-state index in [4.69, 9.17) is 9.47 Å². The summed E-state index contributed by atoms with van der Waals surface area (Å²) < 4.78 is 10.5. The van der Waals surface area contributed by atoms with Crippen LogP contribution in [0.1, 0.15) is 34.5 Å². The van der Waals surface area contributed by atoms with Crippen molar-refractivity contribution < 1.29 is 14.3 Å². The number of anilines is 1. The number of aryl methyl sites for hydroxylation is 2. The van der Waals surface area contributed by atoms with Gasteiger partial charge < -0.3 is 19.8 Å². The Labute approximate surface area is 152 Å². The van der Waals surface area contributed by atoms with Crippen LogP contribution in [0, 0.1) is 0 Å². The predicted molar refractivity (Wildman–Crippen MR) is 102 cm³/mol. The van der Waals surface area contributed by atoms with E-state index in [0.29, 0.717) is 22.7 Å². The fraction of sp³-hybridized carbons (Fsp3) is 0.286. The van der Waals surface area contributed by atoms with Crippen LogP contribution in [-0.4, -0.2) is 25.1 Å². The first-order valence-electron chi connectivity index (χ1n) is 8.86. The second kappa shape index (κ2) is 6.75. The van der Waals surface area contributed by atoms with Crippen LogP contribution in [0.5, 0.6) is 11.5 Å². The number of hydrogen-bond acceptors (Lipinski definition) is 3. The maximum atomic E-state index is 12.9. The Balaban J connectivity index is 1.70. The van der Waals surface area contributed by atoms with Crippen molar-refractivity contribution >= 4 is 22.5 Å². The van der Waals surface area contributed by atoms with Gasteiger partial charge in [0.2, 0.25) is 0 Å². The first-order chi connectivity index (χ1) is 12.7. The molecule has 0 spiro atoms. The molecule has 1 aromatic heterocycles. The lowest BCUT2D eigenvalue weighted by Crippen LogP contribution is -2.12. The summed E-state index contributed by atoms with van der Waals surface area (Å²) in [6, 6.07) is 11.2. The van der Waals surface area contributed by atoms with Gasteiger partial charge in [-0.05, 0) is 37.3 Å². The van der Waals surface area contributed by atoms with Crippen molar-refractivity contribution in [1.29, 1.82) is 0 Å². The Morgan fingerprint density at radius 3 is 2.50 bits per heavy atom. The standard InChI is InChI=1S/C21H22N2O3/c1-25-14-10-13(11-15(12-14)26-2)22-21(24)18-8-5-7-17-16-6-3-4-9-19(16)23-20(17)18/h5,7-8,10-12,23H,3-4,6,9H2,1-2H3,(H,22,24). The molecule has 1 amide bonds. The van der Waals surface area contributed by atoms with E-state index in [1.165, 1.54) is 24.1 Å². The van der Waals surface area contributed by atoms with Gasteiger partial charge in [0.1, 0.15) is 11.5 Å². The molecular weight excluding hydrogens is 328 g/mol. The lowest BCUT2D eigenvalue weighted by Gasteiger charge is -2.10. The van der Waals surface area contributed by atoms with Gasteiger partial charge in [-0.15, -0.1) is 0 Å². The minimum absolute atomic E-state index is 0.149. The summed E-state index contributed by atoms with van der Waals surface area (Å²) in [4.78, 5) is 16.4. The number of carbonyl (C=O) groups excluding carboxylic acids is 1. The normalized spacial score (nSPS) is 13.3. The summed E-state index contributed by atoms with van der Waals surface area (Å²) in [5.74, 6) is 1.12. The Bertz CT molecular complexity index is 953. The molecule has 5 nitrogen and oxygen atoms in total. The molecule has 134 valence electrons. The quantitative estimate of drug-likeness (QED) is 0.737. The van der Waals surface area contributed by atoms with Crippen LogP contribution in [0.2, 0.25) is 0 Å². The highest BCUT2D eigenvalue weighted by Crippen LogP contribution is 2.31. The zero-order chi connectivity index (χ0) is 18.1. The Hall–Kier alpha value is -2.95. The predicted octanol–water partition coefficient (Wildman–Crippen LogP) is 4.32. The van der Waals surface area contributed by atoms with Gasteiger partial charge in [0.25, 0.3) is 5.91 Å². The van der Waals surface area contributed by atoms with E-state index < -0.39 is 0 Å². The largest absolute Gasteiger partial charge is 0.497 e. The van der Waals surface area contributed by atoms with Crippen molar-refractivity contribution in [2.24, 2.45) is 0 Å². The van der Waals surface area contributed by atoms with Gasteiger partial charge in [0, 0.05) is 35.0 Å². The third kappa shape index (κ3) is 2.90. The van der Waals surface area contributed by atoms with Crippen molar-refractivity contribution in [3.63, 3.8) is 0 Å². The van der Waals surface area contributed by atoms with E-state index in [2.05, 4.69) is 16.4 Å². The lowest BCUT2D eigenvalue weighted by molar-refractivity contribution is 0.102. The van der Waals surface area contributed by atoms with E-state index in [-0.39, 0.29) is 5.91 Å². The van der Waals surface area contributed by atoms with E-state index in [0.717, 1.165) is 23.7 Å². The molecule has 3 aromatic rings. The van der Waals surface area contributed by atoms with Crippen LogP contribution in [-0.2, 0) is 12.8 Å². The molecule has 4 rings (SSSR count). The number of carbonyl (C=O) groups is 1. The minimum atomic E-state index is -0.149. The summed E-state index contributed by atoms with van der Waals surface area (Å²) in [7, 11) is 3.18. The van der Waals surface area contributed by atoms with E-state index in [1.807, 2.05) is 12.1 Å². The average molecular weight is 350 g/mol. The zero-order valence-electron chi connectivity index (χ0n) is 15.0. The van der Waals surface area contributed by atoms with Crippen molar-refractivity contribution in [3.05, 3.63) is 53.2 Å². The number of hydrogen-bond donors (Lipinski definition) is 2. The van der Waals surface area contributed by atoms with E-state index in [9.17, 15) is 4.79 Å². The molecule has 0 aliphatic heterocycles. The highest BCUT2D eigenvalue weighted by atomic mass is 16.5. The molecule has 0 saturated carbocycles. The highest BCUT2D eigenvalue weighted by molar-refractivity contribution is 6.12. The fourth-order valence-corrected chi connectivity index (χ4v) is 3.70. The number of amides is 1. The van der Waals surface area contributed by atoms with Crippen LogP contribution >= 0.6 is 0 Å². The minimum Gasteiger partial charge on any atom is -0.497 e. The van der Waals surface area contributed by atoms with E-state index >= 15 is 0 Å². The number of para-hydroxylation sites is 1. The van der Waals surface area contributed by atoms with Crippen molar-refractivity contribution in [3.8, 4) is 11.5 Å². The summed E-state index contributed by atoms with van der Waals surface area (Å²) in [5, 5.41) is 4.12. The van der Waals surface area contributed by atoms with Crippen LogP contribution in [0.25, 0.3) is 10.9 Å². The molecule has 26 heavy (non-hydrogen) atoms. The van der Waals surface area contributed by atoms with Gasteiger partial charge >= 0.3 is 0 Å². The molecule has 0 atom stereocenters. The number of rotatable bonds is 4. The Morgan fingerprint density at radius 2 is 1.77 bits per heavy atom. The smallest absolute Gasteiger partial charge is 0.257 e. The summed E-state index contributed by atoms with van der Waals surface area (Å²) in [6.07, 6.45) is 4.54. The van der Waals surface area contributed by atoms with Crippen LogP contribution in [0.3, 0.4) is 0 Å². The maximum Gasteiger partial charge on any atom is 0.257 e. The van der Waals surface area contributed by atoms with Gasteiger partial charge in [-0.25, -0.2) is 0 Å². The SMILES string of the molecule is COc1cc(NC(=O)c2cccc3c4c([nH]c23)CCCC4)cc(OC)c1. The Morgan fingerprint density at radius 1 is 1.04 bits per heavy atom. The summed E-state index contributed by atoms with van der Waals surface area (Å²) >= 11 is 0. The first-order valence-corrected chi connectivity index (χ1v) is 8.86. The second-order valence-corrected chi connectivity index (χ2v) is 6.57. The average Bonchev–Trinajstić information content (AvgIpc) is 3.06. The lowest BCUT2D eigenvalue weighted by atomic mass is 9.95. The third-order valence-corrected chi connectivity index (χ3v) is 4.99. The van der Waals surface area contributed by atoms with E-state index in [1.54, 1.807) is 32.4 Å². The number of nitrogens with one attached hydrogen (secondary N) is 2. The number of methoxy groups -OCH3 is 2. The highest BCUT2D eigenvalue weighted by Gasteiger charge is 2.19. The second-order valence-electron chi connectivity index (χ2n) is 6.57. The van der Waals surface area contributed by atoms with Gasteiger partial charge in [0.15, 0.2) is 0 Å². The van der Waals surface area contributed by atoms with Gasteiger partial charge in [0.05, 0.1) is 25.3 Å². The number of benzene rings is 2. The molecule has 0 bridgehead atoms. The molecule has 0 saturated heterocycles. The molecule has 0 unspecified atom stereocenters. The molecule has 1 heterocycles. The number of H-pyrrole nitrogens is 1. The Kier molecular flexibility index (Phi) is 4.29. The molecule has 1 aliphatic carbocycles. The third-order valence-electron chi connectivity index (χ3n) is 4.99. The topological polar surface area (TPSA) is 63.3 Å². The van der Waals surface area contributed by atoms with Crippen molar-refractivity contribution in [2.75, 3.05) is 19.5 Å². The first kappa shape index (κ1) is 16.5. The molecular formula is C21H22N2O3. The van der Waals surface area contributed by atoms with Crippen molar-refractivity contribution in [2.45, 2.75) is 25.7 Å². The number of aromatic nitrogens is 1. The molecule has 1 aliphatic rings. The summed E-state index contributed by atoms with van der Waals surface area (Å²) in [6.45, 7) is 0. The molecule has 0 radical (unpaired) electrons. The van der Waals surface area contributed by atoms with Crippen LogP contribution < -0.4 is 14.8 Å². The number of ether oxygens (including phenoxy) is 2. The van der Waals surface area contributed by atoms with Crippen molar-refractivity contribution in [1.82, 2.24) is 4.98 Å².